The van der Waals surface area contributed by atoms with Crippen molar-refractivity contribution in [1.82, 2.24) is 10.6 Å². The maximum atomic E-state index is 12.5. The Morgan fingerprint density at radius 2 is 1.70 bits per heavy atom. The summed E-state index contributed by atoms with van der Waals surface area (Å²) in [7, 11) is 1.57. The molecule has 1 atom stereocenters. The molecule has 0 heterocycles. The Hall–Kier alpha value is -2.87. The number of amides is 2. The van der Waals surface area contributed by atoms with E-state index >= 15 is 0 Å². The number of benzene rings is 2. The molecular weight excluding hydrogens is 404 g/mol. The second kappa shape index (κ2) is 13.4. The highest BCUT2D eigenvalue weighted by Gasteiger charge is 2.20. The van der Waals surface area contributed by atoms with E-state index in [0.717, 1.165) is 5.75 Å². The highest BCUT2D eigenvalue weighted by Crippen LogP contribution is 2.25. The standard InChI is InChI=1S/C22H28N2O5S/c1-27-19-10-6-7-11-20(19)28-14-13-23-22(26)18(12-15-30-2)24-21(25)16-29-17-8-4-3-5-9-17/h3-11,18H,12-16H2,1-2H3,(H,23,26)(H,24,25)/t18-/m0/s1. The van der Waals surface area contributed by atoms with Gasteiger partial charge in [0.1, 0.15) is 18.4 Å². The van der Waals surface area contributed by atoms with Crippen LogP contribution in [0.2, 0.25) is 0 Å². The summed E-state index contributed by atoms with van der Waals surface area (Å²) in [6, 6.07) is 15.7. The first-order valence-corrected chi connectivity index (χ1v) is 11.0. The van der Waals surface area contributed by atoms with Crippen LogP contribution in [-0.4, -0.2) is 56.7 Å². The SMILES string of the molecule is COc1ccccc1OCCNC(=O)[C@H](CCSC)NC(=O)COc1ccccc1. The lowest BCUT2D eigenvalue weighted by Crippen LogP contribution is -2.49. The third kappa shape index (κ3) is 8.24. The van der Waals surface area contributed by atoms with Crippen LogP contribution in [0.1, 0.15) is 6.42 Å². The lowest BCUT2D eigenvalue weighted by atomic mass is 10.2. The lowest BCUT2D eigenvalue weighted by Gasteiger charge is -2.18. The van der Waals surface area contributed by atoms with Gasteiger partial charge in [-0.1, -0.05) is 30.3 Å². The maximum Gasteiger partial charge on any atom is 0.258 e. The van der Waals surface area contributed by atoms with Crippen LogP contribution in [0.25, 0.3) is 0 Å². The Labute approximate surface area is 181 Å². The average molecular weight is 433 g/mol. The zero-order valence-corrected chi connectivity index (χ0v) is 18.1. The van der Waals surface area contributed by atoms with Crippen molar-refractivity contribution in [3.05, 3.63) is 54.6 Å². The van der Waals surface area contributed by atoms with Gasteiger partial charge in [0.15, 0.2) is 18.1 Å². The van der Waals surface area contributed by atoms with Gasteiger partial charge in [-0.15, -0.1) is 0 Å². The van der Waals surface area contributed by atoms with E-state index in [2.05, 4.69) is 10.6 Å². The minimum atomic E-state index is -0.629. The molecule has 30 heavy (non-hydrogen) atoms. The molecule has 0 aliphatic rings. The molecule has 0 unspecified atom stereocenters. The van der Waals surface area contributed by atoms with Crippen molar-refractivity contribution >= 4 is 23.6 Å². The average Bonchev–Trinajstić information content (AvgIpc) is 2.78. The summed E-state index contributed by atoms with van der Waals surface area (Å²) in [5, 5.41) is 5.56. The largest absolute Gasteiger partial charge is 0.493 e. The molecule has 0 radical (unpaired) electrons. The van der Waals surface area contributed by atoms with Gasteiger partial charge in [-0.3, -0.25) is 9.59 Å². The lowest BCUT2D eigenvalue weighted by molar-refractivity contribution is -0.130. The normalized spacial score (nSPS) is 11.3. The van der Waals surface area contributed by atoms with Crippen molar-refractivity contribution in [2.75, 3.05) is 38.9 Å². The van der Waals surface area contributed by atoms with Crippen molar-refractivity contribution in [3.8, 4) is 17.2 Å². The summed E-state index contributed by atoms with van der Waals surface area (Å²) >= 11 is 1.61. The number of thioether (sulfide) groups is 1. The summed E-state index contributed by atoms with van der Waals surface area (Å²) in [6.45, 7) is 0.444. The summed E-state index contributed by atoms with van der Waals surface area (Å²) in [5.41, 5.74) is 0. The van der Waals surface area contributed by atoms with Crippen LogP contribution in [-0.2, 0) is 9.59 Å². The third-order valence-electron chi connectivity index (χ3n) is 4.10. The molecule has 0 fully saturated rings. The number of methoxy groups -OCH3 is 1. The van der Waals surface area contributed by atoms with E-state index in [-0.39, 0.29) is 25.0 Å². The van der Waals surface area contributed by atoms with Crippen molar-refractivity contribution in [2.45, 2.75) is 12.5 Å². The molecule has 2 aromatic carbocycles. The van der Waals surface area contributed by atoms with Gasteiger partial charge in [-0.05, 0) is 42.7 Å². The van der Waals surface area contributed by atoms with E-state index in [4.69, 9.17) is 14.2 Å². The summed E-state index contributed by atoms with van der Waals surface area (Å²) in [5.74, 6) is 2.00. The molecule has 0 saturated heterocycles. The minimum absolute atomic E-state index is 0.149. The fourth-order valence-corrected chi connectivity index (χ4v) is 3.07. The van der Waals surface area contributed by atoms with Gasteiger partial charge in [0.05, 0.1) is 13.7 Å². The van der Waals surface area contributed by atoms with Crippen LogP contribution >= 0.6 is 11.8 Å². The second-order valence-electron chi connectivity index (χ2n) is 6.29. The number of ether oxygens (including phenoxy) is 3. The number of nitrogens with one attached hydrogen (secondary N) is 2. The Bertz CT molecular complexity index is 788. The van der Waals surface area contributed by atoms with Gasteiger partial charge < -0.3 is 24.8 Å². The molecule has 162 valence electrons. The Morgan fingerprint density at radius 1 is 1.00 bits per heavy atom. The van der Waals surface area contributed by atoms with E-state index < -0.39 is 6.04 Å². The van der Waals surface area contributed by atoms with E-state index in [1.54, 1.807) is 43.1 Å². The van der Waals surface area contributed by atoms with Gasteiger partial charge >= 0.3 is 0 Å². The summed E-state index contributed by atoms with van der Waals surface area (Å²) in [6.07, 6.45) is 2.48. The number of carbonyl (C=O) groups excluding carboxylic acids is 2. The predicted octanol–water partition coefficient (Wildman–Crippen LogP) is 2.51. The van der Waals surface area contributed by atoms with Crippen molar-refractivity contribution in [3.63, 3.8) is 0 Å². The van der Waals surface area contributed by atoms with Crippen LogP contribution in [0.4, 0.5) is 0 Å². The molecule has 0 spiro atoms. The molecule has 0 aliphatic carbocycles. The molecule has 2 rings (SSSR count). The van der Waals surface area contributed by atoms with E-state index in [1.165, 1.54) is 0 Å². The van der Waals surface area contributed by atoms with Gasteiger partial charge in [-0.25, -0.2) is 0 Å². The molecule has 8 heteroatoms. The molecule has 0 aliphatic heterocycles. The molecule has 0 bridgehead atoms. The van der Waals surface area contributed by atoms with Crippen molar-refractivity contribution < 1.29 is 23.8 Å². The highest BCUT2D eigenvalue weighted by atomic mass is 32.2. The molecular formula is C22H28N2O5S. The molecule has 7 nitrogen and oxygen atoms in total. The fourth-order valence-electron chi connectivity index (χ4n) is 2.60. The maximum absolute atomic E-state index is 12.5. The minimum Gasteiger partial charge on any atom is -0.493 e. The highest BCUT2D eigenvalue weighted by molar-refractivity contribution is 7.98. The van der Waals surface area contributed by atoms with Crippen LogP contribution in [0.15, 0.2) is 54.6 Å². The number of hydrogen-bond acceptors (Lipinski definition) is 6. The Morgan fingerprint density at radius 3 is 2.40 bits per heavy atom. The fraction of sp³-hybridized carbons (Fsp3) is 0.364. The topological polar surface area (TPSA) is 85.9 Å². The number of hydrogen-bond donors (Lipinski definition) is 2. The van der Waals surface area contributed by atoms with E-state index in [9.17, 15) is 9.59 Å². The Balaban J connectivity index is 1.78. The quantitative estimate of drug-likeness (QED) is 0.473. The van der Waals surface area contributed by atoms with Crippen LogP contribution in [0.3, 0.4) is 0 Å². The van der Waals surface area contributed by atoms with Gasteiger partial charge in [-0.2, -0.15) is 11.8 Å². The van der Waals surface area contributed by atoms with Gasteiger partial charge in [0, 0.05) is 0 Å². The zero-order chi connectivity index (χ0) is 21.6. The predicted molar refractivity (Wildman–Crippen MR) is 118 cm³/mol. The van der Waals surface area contributed by atoms with Crippen LogP contribution in [0.5, 0.6) is 17.2 Å². The molecule has 2 aromatic rings. The van der Waals surface area contributed by atoms with Gasteiger partial charge in [0.25, 0.3) is 5.91 Å². The molecule has 2 N–H and O–H groups in total. The number of para-hydroxylation sites is 3. The first-order chi connectivity index (χ1) is 14.6. The Kier molecular flexibility index (Phi) is 10.4. The third-order valence-corrected chi connectivity index (χ3v) is 4.75. The van der Waals surface area contributed by atoms with Gasteiger partial charge in [0.2, 0.25) is 5.91 Å². The smallest absolute Gasteiger partial charge is 0.258 e. The molecule has 0 aromatic heterocycles. The van der Waals surface area contributed by atoms with Crippen LogP contribution in [0, 0.1) is 0 Å². The summed E-state index contributed by atoms with van der Waals surface area (Å²) < 4.78 is 16.3. The van der Waals surface area contributed by atoms with Crippen LogP contribution < -0.4 is 24.8 Å². The first kappa shape index (κ1) is 23.4. The molecule has 0 saturated carbocycles. The van der Waals surface area contributed by atoms with Crippen molar-refractivity contribution in [1.29, 1.82) is 0 Å². The monoisotopic (exact) mass is 432 g/mol. The van der Waals surface area contributed by atoms with E-state index in [0.29, 0.717) is 30.2 Å². The second-order valence-corrected chi connectivity index (χ2v) is 7.28. The van der Waals surface area contributed by atoms with E-state index in [1.807, 2.05) is 36.6 Å². The van der Waals surface area contributed by atoms with Crippen molar-refractivity contribution in [2.24, 2.45) is 0 Å². The summed E-state index contributed by atoms with van der Waals surface area (Å²) in [4.78, 5) is 24.8. The first-order valence-electron chi connectivity index (χ1n) is 9.63. The molecule has 2 amide bonds. The zero-order valence-electron chi connectivity index (χ0n) is 17.3. The number of rotatable bonds is 13. The number of carbonyl (C=O) groups is 2.